The second-order valence-electron chi connectivity index (χ2n) is 6.58. The number of halogens is 1. The van der Waals surface area contributed by atoms with Gasteiger partial charge in [0.15, 0.2) is 0 Å². The number of aryl methyl sites for hydroxylation is 1. The molecule has 2 heterocycles. The number of amides is 1. The Hall–Kier alpha value is -2.07. The van der Waals surface area contributed by atoms with Crippen LogP contribution in [-0.2, 0) is 11.2 Å². The molecule has 0 saturated carbocycles. The van der Waals surface area contributed by atoms with Crippen molar-refractivity contribution < 1.29 is 4.79 Å². The van der Waals surface area contributed by atoms with Crippen molar-refractivity contribution in [1.82, 2.24) is 10.3 Å². The molecule has 1 aliphatic rings. The quantitative estimate of drug-likeness (QED) is 0.857. The van der Waals surface area contributed by atoms with E-state index in [-0.39, 0.29) is 5.91 Å². The van der Waals surface area contributed by atoms with Crippen molar-refractivity contribution in [3.8, 4) is 0 Å². The SMILES string of the molecule is O=C(CCc1cccc(Cl)c1)NCC1CCN(c2cccnc2)CC1. The van der Waals surface area contributed by atoms with Gasteiger partial charge in [0, 0.05) is 37.3 Å². The molecule has 0 aliphatic carbocycles. The Kier molecular flexibility index (Phi) is 6.29. The van der Waals surface area contributed by atoms with E-state index < -0.39 is 0 Å². The van der Waals surface area contributed by atoms with Gasteiger partial charge in [0.05, 0.1) is 11.9 Å². The van der Waals surface area contributed by atoms with Crippen LogP contribution in [0.3, 0.4) is 0 Å². The summed E-state index contributed by atoms with van der Waals surface area (Å²) in [6.07, 6.45) is 7.15. The maximum absolute atomic E-state index is 12.1. The monoisotopic (exact) mass is 357 g/mol. The number of pyridine rings is 1. The minimum atomic E-state index is 0.120. The van der Waals surface area contributed by atoms with Crippen molar-refractivity contribution in [3.05, 3.63) is 59.4 Å². The molecule has 1 amide bonds. The summed E-state index contributed by atoms with van der Waals surface area (Å²) < 4.78 is 0. The lowest BCUT2D eigenvalue weighted by molar-refractivity contribution is -0.121. The van der Waals surface area contributed by atoms with Gasteiger partial charge in [-0.05, 0) is 55.0 Å². The normalized spacial score (nSPS) is 15.2. The lowest BCUT2D eigenvalue weighted by Gasteiger charge is -2.33. The summed E-state index contributed by atoms with van der Waals surface area (Å²) in [5, 5.41) is 3.81. The average molecular weight is 358 g/mol. The molecule has 5 heteroatoms. The van der Waals surface area contributed by atoms with E-state index in [4.69, 9.17) is 11.6 Å². The highest BCUT2D eigenvalue weighted by molar-refractivity contribution is 6.30. The number of hydrogen-bond donors (Lipinski definition) is 1. The first kappa shape index (κ1) is 17.7. The number of hydrogen-bond acceptors (Lipinski definition) is 3. The molecule has 1 fully saturated rings. The van der Waals surface area contributed by atoms with Crippen molar-refractivity contribution in [3.63, 3.8) is 0 Å². The molecule has 1 saturated heterocycles. The zero-order valence-electron chi connectivity index (χ0n) is 14.3. The standard InChI is InChI=1S/C20H24ClN3O/c21-18-4-1-3-16(13-18)6-7-20(25)23-14-17-8-11-24(12-9-17)19-5-2-10-22-15-19/h1-5,10,13,15,17H,6-9,11-12,14H2,(H,23,25). The highest BCUT2D eigenvalue weighted by Crippen LogP contribution is 2.22. The number of nitrogens with one attached hydrogen (secondary N) is 1. The van der Waals surface area contributed by atoms with E-state index in [1.54, 1.807) is 6.20 Å². The van der Waals surface area contributed by atoms with E-state index in [0.29, 0.717) is 12.3 Å². The first-order valence-electron chi connectivity index (χ1n) is 8.87. The van der Waals surface area contributed by atoms with Crippen LogP contribution >= 0.6 is 11.6 Å². The van der Waals surface area contributed by atoms with Crippen molar-refractivity contribution in [2.45, 2.75) is 25.7 Å². The van der Waals surface area contributed by atoms with Gasteiger partial charge in [-0.1, -0.05) is 23.7 Å². The number of aromatic nitrogens is 1. The molecule has 25 heavy (non-hydrogen) atoms. The van der Waals surface area contributed by atoms with E-state index in [9.17, 15) is 4.79 Å². The van der Waals surface area contributed by atoms with Gasteiger partial charge in [-0.3, -0.25) is 9.78 Å². The second kappa shape index (κ2) is 8.86. The summed E-state index contributed by atoms with van der Waals surface area (Å²) in [5.41, 5.74) is 2.29. The molecule has 0 radical (unpaired) electrons. The lowest BCUT2D eigenvalue weighted by atomic mass is 9.96. The minimum Gasteiger partial charge on any atom is -0.370 e. The lowest BCUT2D eigenvalue weighted by Crippen LogP contribution is -2.38. The maximum Gasteiger partial charge on any atom is 0.220 e. The number of benzene rings is 1. The van der Waals surface area contributed by atoms with Gasteiger partial charge in [-0.25, -0.2) is 0 Å². The first-order chi connectivity index (χ1) is 12.2. The Labute approximate surface area is 154 Å². The number of anilines is 1. The molecule has 4 nitrogen and oxygen atoms in total. The fourth-order valence-electron chi connectivity index (χ4n) is 3.23. The Bertz CT molecular complexity index is 684. The third-order valence-electron chi connectivity index (χ3n) is 4.74. The zero-order valence-corrected chi connectivity index (χ0v) is 15.1. The van der Waals surface area contributed by atoms with Crippen LogP contribution in [0.15, 0.2) is 48.8 Å². The van der Waals surface area contributed by atoms with Crippen LogP contribution in [0.2, 0.25) is 5.02 Å². The Morgan fingerprint density at radius 1 is 1.24 bits per heavy atom. The Balaban J connectivity index is 1.36. The molecule has 132 valence electrons. The summed E-state index contributed by atoms with van der Waals surface area (Å²) in [7, 11) is 0. The molecule has 1 aromatic carbocycles. The van der Waals surface area contributed by atoms with Crippen LogP contribution in [0.5, 0.6) is 0 Å². The number of rotatable bonds is 6. The summed E-state index contributed by atoms with van der Waals surface area (Å²) in [4.78, 5) is 18.6. The van der Waals surface area contributed by atoms with E-state index in [0.717, 1.165) is 49.5 Å². The summed E-state index contributed by atoms with van der Waals surface area (Å²) in [6.45, 7) is 2.82. The molecule has 0 bridgehead atoms. The summed E-state index contributed by atoms with van der Waals surface area (Å²) in [5.74, 6) is 0.678. The van der Waals surface area contributed by atoms with E-state index >= 15 is 0 Å². The van der Waals surface area contributed by atoms with Gasteiger partial charge in [0.25, 0.3) is 0 Å². The predicted molar refractivity (Wildman–Crippen MR) is 102 cm³/mol. The molecule has 2 aromatic rings. The second-order valence-corrected chi connectivity index (χ2v) is 7.01. The minimum absolute atomic E-state index is 0.120. The molecular formula is C20H24ClN3O. The average Bonchev–Trinajstić information content (AvgIpc) is 2.66. The largest absolute Gasteiger partial charge is 0.370 e. The van der Waals surface area contributed by atoms with Gasteiger partial charge in [0.2, 0.25) is 5.91 Å². The first-order valence-corrected chi connectivity index (χ1v) is 9.24. The van der Waals surface area contributed by atoms with Gasteiger partial charge in [0.1, 0.15) is 0 Å². The summed E-state index contributed by atoms with van der Waals surface area (Å²) >= 11 is 5.97. The van der Waals surface area contributed by atoms with Crippen LogP contribution in [0.25, 0.3) is 0 Å². The molecule has 0 unspecified atom stereocenters. The van der Waals surface area contributed by atoms with Crippen LogP contribution in [-0.4, -0.2) is 30.5 Å². The van der Waals surface area contributed by atoms with Gasteiger partial charge in [-0.15, -0.1) is 0 Å². The maximum atomic E-state index is 12.1. The highest BCUT2D eigenvalue weighted by Gasteiger charge is 2.19. The summed E-state index contributed by atoms with van der Waals surface area (Å²) in [6, 6.07) is 11.8. The number of carbonyl (C=O) groups excluding carboxylic acids is 1. The van der Waals surface area contributed by atoms with Crippen molar-refractivity contribution >= 4 is 23.2 Å². The van der Waals surface area contributed by atoms with E-state index in [1.165, 1.54) is 5.69 Å². The zero-order chi connectivity index (χ0) is 17.5. The number of piperidine rings is 1. The number of carbonyl (C=O) groups is 1. The smallest absolute Gasteiger partial charge is 0.220 e. The third-order valence-corrected chi connectivity index (χ3v) is 4.98. The third kappa shape index (κ3) is 5.46. The van der Waals surface area contributed by atoms with Crippen molar-refractivity contribution in [2.24, 2.45) is 5.92 Å². The van der Waals surface area contributed by atoms with E-state index in [1.807, 2.05) is 36.5 Å². The van der Waals surface area contributed by atoms with Gasteiger partial charge < -0.3 is 10.2 Å². The molecule has 1 N–H and O–H groups in total. The predicted octanol–water partition coefficient (Wildman–Crippen LogP) is 3.70. The number of nitrogens with zero attached hydrogens (tertiary/aromatic N) is 2. The van der Waals surface area contributed by atoms with Crippen LogP contribution < -0.4 is 10.2 Å². The van der Waals surface area contributed by atoms with Crippen molar-refractivity contribution in [2.75, 3.05) is 24.5 Å². The van der Waals surface area contributed by atoms with Crippen LogP contribution in [0, 0.1) is 5.92 Å². The van der Waals surface area contributed by atoms with Gasteiger partial charge in [-0.2, -0.15) is 0 Å². The van der Waals surface area contributed by atoms with Crippen LogP contribution in [0.4, 0.5) is 5.69 Å². The van der Waals surface area contributed by atoms with Crippen LogP contribution in [0.1, 0.15) is 24.8 Å². The Morgan fingerprint density at radius 2 is 2.08 bits per heavy atom. The Morgan fingerprint density at radius 3 is 2.80 bits per heavy atom. The molecule has 3 rings (SSSR count). The highest BCUT2D eigenvalue weighted by atomic mass is 35.5. The van der Waals surface area contributed by atoms with Gasteiger partial charge >= 0.3 is 0 Å². The molecule has 1 aliphatic heterocycles. The fourth-order valence-corrected chi connectivity index (χ4v) is 3.45. The molecule has 0 atom stereocenters. The molecule has 0 spiro atoms. The van der Waals surface area contributed by atoms with Crippen molar-refractivity contribution in [1.29, 1.82) is 0 Å². The molecule has 1 aromatic heterocycles. The fraction of sp³-hybridized carbons (Fsp3) is 0.400. The molecular weight excluding hydrogens is 334 g/mol. The topological polar surface area (TPSA) is 45.2 Å². The van der Waals surface area contributed by atoms with E-state index in [2.05, 4.69) is 21.3 Å².